The molecular weight excluding hydrogens is 526 g/mol. The van der Waals surface area contributed by atoms with Gasteiger partial charge in [-0.25, -0.2) is 23.1 Å². The molecule has 1 saturated heterocycles. The Morgan fingerprint density at radius 1 is 1.02 bits per heavy atom. The number of aromatic nitrogens is 3. The molecule has 2 aromatic carbocycles. The number of amides is 1. The largest absolute Gasteiger partial charge is 0.387 e. The third-order valence-electron chi connectivity index (χ3n) is 6.86. The minimum absolute atomic E-state index is 0.0262. The summed E-state index contributed by atoms with van der Waals surface area (Å²) in [5.41, 5.74) is 7.57. The standard InChI is InChI=1S/C20H24N2O4S.C10H13N3/c1-15-4-7-17(8-5-15)18-12-16(13-22-10-2-3-11-22)6-9-19(18)27(25,26)21-20(24)14-23;1-4-8-12-9-6(2)5-7(3)11-10(9)13-8/h4-9,12,23H,2-3,10-11,13-14H2,1H3,(H,21,24);5H,4H2,1-3H3,(H,11,12,13). The smallest absolute Gasteiger partial charge is 0.264 e. The van der Waals surface area contributed by atoms with Crippen molar-refractivity contribution in [2.24, 2.45) is 0 Å². The summed E-state index contributed by atoms with van der Waals surface area (Å²) in [6.45, 7) is 10.1. The molecule has 0 radical (unpaired) electrons. The van der Waals surface area contributed by atoms with Gasteiger partial charge in [-0.3, -0.25) is 9.69 Å². The van der Waals surface area contributed by atoms with Crippen molar-refractivity contribution in [2.45, 2.75) is 58.4 Å². The second-order valence-corrected chi connectivity index (χ2v) is 11.8. The van der Waals surface area contributed by atoms with E-state index in [9.17, 15) is 13.2 Å². The average molecular weight is 564 g/mol. The van der Waals surface area contributed by atoms with Crippen LogP contribution in [0.2, 0.25) is 0 Å². The second kappa shape index (κ2) is 12.7. The van der Waals surface area contributed by atoms with Gasteiger partial charge in [-0.1, -0.05) is 42.8 Å². The van der Waals surface area contributed by atoms with Gasteiger partial charge in [0.15, 0.2) is 5.65 Å². The second-order valence-electron chi connectivity index (χ2n) is 10.2. The van der Waals surface area contributed by atoms with Gasteiger partial charge in [0.2, 0.25) is 0 Å². The van der Waals surface area contributed by atoms with Gasteiger partial charge in [0.05, 0.1) is 10.4 Å². The lowest BCUT2D eigenvalue weighted by molar-refractivity contribution is -0.122. The molecule has 212 valence electrons. The molecule has 1 aliphatic heterocycles. The third kappa shape index (κ3) is 7.12. The summed E-state index contributed by atoms with van der Waals surface area (Å²) in [4.78, 5) is 25.8. The summed E-state index contributed by atoms with van der Waals surface area (Å²) in [6.07, 6.45) is 3.30. The Morgan fingerprint density at radius 2 is 1.73 bits per heavy atom. The maximum Gasteiger partial charge on any atom is 0.264 e. The van der Waals surface area contributed by atoms with Crippen LogP contribution in [0.25, 0.3) is 22.3 Å². The van der Waals surface area contributed by atoms with E-state index in [1.54, 1.807) is 6.07 Å². The number of imidazole rings is 1. The average Bonchev–Trinajstić information content (AvgIpc) is 3.59. The van der Waals surface area contributed by atoms with Crippen LogP contribution in [0.4, 0.5) is 0 Å². The number of aliphatic hydroxyl groups is 1. The monoisotopic (exact) mass is 563 g/mol. The molecule has 40 heavy (non-hydrogen) atoms. The number of hydrogen-bond donors (Lipinski definition) is 3. The fourth-order valence-electron chi connectivity index (χ4n) is 4.82. The van der Waals surface area contributed by atoms with Crippen LogP contribution < -0.4 is 4.72 Å². The zero-order chi connectivity index (χ0) is 28.9. The van der Waals surface area contributed by atoms with Crippen LogP contribution in [-0.2, 0) is 27.8 Å². The number of nitrogens with zero attached hydrogens (tertiary/aromatic N) is 3. The van der Waals surface area contributed by atoms with E-state index in [2.05, 4.69) is 39.8 Å². The molecule has 10 heteroatoms. The van der Waals surface area contributed by atoms with Crippen molar-refractivity contribution in [3.63, 3.8) is 0 Å². The van der Waals surface area contributed by atoms with E-state index in [1.165, 1.54) is 24.5 Å². The van der Waals surface area contributed by atoms with Crippen LogP contribution >= 0.6 is 0 Å². The van der Waals surface area contributed by atoms with E-state index in [4.69, 9.17) is 5.11 Å². The number of H-pyrrole nitrogens is 1. The lowest BCUT2D eigenvalue weighted by Crippen LogP contribution is -2.33. The topological polar surface area (TPSA) is 128 Å². The summed E-state index contributed by atoms with van der Waals surface area (Å²) >= 11 is 0. The highest BCUT2D eigenvalue weighted by molar-refractivity contribution is 7.90. The highest BCUT2D eigenvalue weighted by atomic mass is 32.2. The van der Waals surface area contributed by atoms with Gasteiger partial charge in [-0.2, -0.15) is 0 Å². The van der Waals surface area contributed by atoms with Crippen molar-refractivity contribution in [3.05, 3.63) is 76.7 Å². The summed E-state index contributed by atoms with van der Waals surface area (Å²) in [7, 11) is -4.08. The van der Waals surface area contributed by atoms with Crippen molar-refractivity contribution in [3.8, 4) is 11.1 Å². The number of carbonyl (C=O) groups excluding carboxylic acids is 1. The first-order valence-electron chi connectivity index (χ1n) is 13.5. The fourth-order valence-corrected chi connectivity index (χ4v) is 6.01. The maximum atomic E-state index is 12.7. The molecule has 2 aromatic heterocycles. The number of benzene rings is 2. The highest BCUT2D eigenvalue weighted by Crippen LogP contribution is 2.30. The predicted octanol–water partition coefficient (Wildman–Crippen LogP) is 4.19. The molecule has 0 saturated carbocycles. The van der Waals surface area contributed by atoms with E-state index in [-0.39, 0.29) is 4.90 Å². The Labute approximate surface area is 235 Å². The Hall–Kier alpha value is -3.60. The molecule has 4 aromatic rings. The summed E-state index contributed by atoms with van der Waals surface area (Å²) in [5.74, 6) is 0.0576. The van der Waals surface area contributed by atoms with Crippen molar-refractivity contribution in [2.75, 3.05) is 19.7 Å². The van der Waals surface area contributed by atoms with Gasteiger partial charge in [0.1, 0.15) is 12.4 Å². The lowest BCUT2D eigenvalue weighted by atomic mass is 10.0. The van der Waals surface area contributed by atoms with Crippen LogP contribution in [0.1, 0.15) is 48.0 Å². The number of aryl methyl sites for hydroxylation is 4. The first kappa shape index (κ1) is 29.4. The molecular formula is C30H37N5O4S. The number of carbonyl (C=O) groups is 1. The third-order valence-corrected chi connectivity index (χ3v) is 8.29. The van der Waals surface area contributed by atoms with Crippen LogP contribution in [0, 0.1) is 20.8 Å². The van der Waals surface area contributed by atoms with E-state index >= 15 is 0 Å². The van der Waals surface area contributed by atoms with Crippen LogP contribution in [-0.4, -0.2) is 59.0 Å². The van der Waals surface area contributed by atoms with Crippen LogP contribution in [0.5, 0.6) is 0 Å². The Morgan fingerprint density at radius 3 is 2.38 bits per heavy atom. The molecule has 0 aliphatic carbocycles. The number of pyridine rings is 1. The Kier molecular flexibility index (Phi) is 9.34. The minimum Gasteiger partial charge on any atom is -0.387 e. The van der Waals surface area contributed by atoms with Crippen LogP contribution in [0.15, 0.2) is 53.4 Å². The molecule has 1 amide bonds. The quantitative estimate of drug-likeness (QED) is 0.308. The first-order chi connectivity index (χ1) is 19.1. The number of aliphatic hydroxyl groups excluding tert-OH is 1. The first-order valence-corrected chi connectivity index (χ1v) is 15.0. The van der Waals surface area contributed by atoms with Gasteiger partial charge in [-0.05, 0) is 81.6 Å². The van der Waals surface area contributed by atoms with Crippen molar-refractivity contribution in [1.82, 2.24) is 24.6 Å². The summed E-state index contributed by atoms with van der Waals surface area (Å²) < 4.78 is 27.2. The number of rotatable bonds is 7. The maximum absolute atomic E-state index is 12.7. The predicted molar refractivity (Wildman–Crippen MR) is 156 cm³/mol. The van der Waals surface area contributed by atoms with E-state index in [0.717, 1.165) is 65.4 Å². The minimum atomic E-state index is -4.08. The number of sulfonamides is 1. The zero-order valence-electron chi connectivity index (χ0n) is 23.5. The molecule has 0 atom stereocenters. The van der Waals surface area contributed by atoms with E-state index in [1.807, 2.05) is 48.9 Å². The molecule has 5 rings (SSSR count). The van der Waals surface area contributed by atoms with Gasteiger partial charge < -0.3 is 10.1 Å². The van der Waals surface area contributed by atoms with Gasteiger partial charge in [-0.15, -0.1) is 0 Å². The van der Waals surface area contributed by atoms with Crippen LogP contribution in [0.3, 0.4) is 0 Å². The van der Waals surface area contributed by atoms with Crippen molar-refractivity contribution < 1.29 is 18.3 Å². The van der Waals surface area contributed by atoms with Crippen molar-refractivity contribution >= 4 is 27.1 Å². The zero-order valence-corrected chi connectivity index (χ0v) is 24.3. The van der Waals surface area contributed by atoms with E-state index < -0.39 is 22.5 Å². The number of hydrogen-bond acceptors (Lipinski definition) is 7. The molecule has 0 unspecified atom stereocenters. The van der Waals surface area contributed by atoms with Gasteiger partial charge in [0.25, 0.3) is 15.9 Å². The number of nitrogens with one attached hydrogen (secondary N) is 2. The summed E-state index contributed by atoms with van der Waals surface area (Å²) in [6, 6.07) is 14.9. The van der Waals surface area contributed by atoms with Gasteiger partial charge >= 0.3 is 0 Å². The Balaban J connectivity index is 0.000000236. The molecule has 3 N–H and O–H groups in total. The normalized spacial score (nSPS) is 13.7. The molecule has 0 bridgehead atoms. The molecule has 0 spiro atoms. The fraction of sp³-hybridized carbons (Fsp3) is 0.367. The van der Waals surface area contributed by atoms with Crippen molar-refractivity contribution in [1.29, 1.82) is 0 Å². The van der Waals surface area contributed by atoms with E-state index in [0.29, 0.717) is 5.56 Å². The number of aromatic amines is 1. The SMILES string of the molecule is CCc1nc2nc(C)cc(C)c2[nH]1.Cc1ccc(-c2cc(CN3CCCC3)ccc2S(=O)(=O)NC(=O)CO)cc1. The molecule has 9 nitrogen and oxygen atoms in total. The lowest BCUT2D eigenvalue weighted by Gasteiger charge is -2.17. The van der Waals surface area contributed by atoms with Gasteiger partial charge in [0, 0.05) is 24.2 Å². The number of likely N-dealkylation sites (tertiary alicyclic amines) is 1. The molecule has 1 aliphatic rings. The molecule has 1 fully saturated rings. The summed E-state index contributed by atoms with van der Waals surface area (Å²) in [5, 5.41) is 8.88. The number of fused-ring (bicyclic) bond motifs is 1. The highest BCUT2D eigenvalue weighted by Gasteiger charge is 2.23. The molecule has 3 heterocycles. The Bertz CT molecular complexity index is 1590.